The van der Waals surface area contributed by atoms with Gasteiger partial charge in [0.2, 0.25) is 0 Å². The van der Waals surface area contributed by atoms with E-state index < -0.39 is 0 Å². The molecule has 2 aromatic carbocycles. The van der Waals surface area contributed by atoms with Crippen molar-refractivity contribution in [3.05, 3.63) is 60.7 Å². The summed E-state index contributed by atoms with van der Waals surface area (Å²) < 4.78 is 7.73. The lowest BCUT2D eigenvalue weighted by Crippen LogP contribution is -2.31. The molecule has 0 aliphatic heterocycles. The quantitative estimate of drug-likeness (QED) is 0.722. The smallest absolute Gasteiger partial charge is 0.258 e. The minimum absolute atomic E-state index is 0.0255. The van der Waals surface area contributed by atoms with Crippen molar-refractivity contribution in [1.29, 1.82) is 0 Å². The maximum absolute atomic E-state index is 12.0. The zero-order chi connectivity index (χ0) is 17.1. The van der Waals surface area contributed by atoms with Crippen LogP contribution in [0.5, 0.6) is 5.75 Å². The first-order valence-corrected chi connectivity index (χ1v) is 8.69. The number of nitrogens with one attached hydrogen (secondary N) is 1. The number of amides is 1. The van der Waals surface area contributed by atoms with Crippen LogP contribution in [-0.2, 0) is 11.3 Å². The summed E-state index contributed by atoms with van der Waals surface area (Å²) in [6.45, 7) is 1.35. The average molecular weight is 335 g/mol. The summed E-state index contributed by atoms with van der Waals surface area (Å²) in [5.74, 6) is 2.35. The first-order chi connectivity index (χ1) is 12.3. The highest BCUT2D eigenvalue weighted by Crippen LogP contribution is 2.38. The van der Waals surface area contributed by atoms with Crippen molar-refractivity contribution in [1.82, 2.24) is 14.9 Å². The van der Waals surface area contributed by atoms with E-state index in [4.69, 9.17) is 4.74 Å². The van der Waals surface area contributed by atoms with Crippen molar-refractivity contribution < 1.29 is 9.53 Å². The van der Waals surface area contributed by atoms with Crippen LogP contribution in [0.1, 0.15) is 24.6 Å². The van der Waals surface area contributed by atoms with E-state index >= 15 is 0 Å². The summed E-state index contributed by atoms with van der Waals surface area (Å²) in [5, 5.41) is 5.17. The summed E-state index contributed by atoms with van der Waals surface area (Å²) >= 11 is 0. The lowest BCUT2D eigenvalue weighted by atomic mass is 10.1. The Kier molecular flexibility index (Phi) is 4.37. The number of carbonyl (C=O) groups is 1. The Labute approximate surface area is 146 Å². The van der Waals surface area contributed by atoms with Crippen molar-refractivity contribution in [2.75, 3.05) is 13.2 Å². The maximum Gasteiger partial charge on any atom is 0.258 e. The van der Waals surface area contributed by atoms with Gasteiger partial charge in [-0.1, -0.05) is 30.3 Å². The van der Waals surface area contributed by atoms with Crippen LogP contribution in [0.25, 0.3) is 10.8 Å². The fourth-order valence-corrected chi connectivity index (χ4v) is 2.98. The predicted octanol–water partition coefficient (Wildman–Crippen LogP) is 3.11. The molecular formula is C20H21N3O2. The molecule has 1 aromatic heterocycles. The molecule has 0 unspecified atom stereocenters. The number of nitrogens with zero attached hydrogens (tertiary/aromatic N) is 2. The third-order valence-electron chi connectivity index (χ3n) is 4.46. The van der Waals surface area contributed by atoms with Gasteiger partial charge in [-0.15, -0.1) is 0 Å². The molecule has 5 nitrogen and oxygen atoms in total. The molecule has 1 saturated carbocycles. The number of rotatable bonds is 7. The molecule has 25 heavy (non-hydrogen) atoms. The molecule has 1 aliphatic rings. The van der Waals surface area contributed by atoms with Crippen LogP contribution in [0, 0.1) is 0 Å². The Morgan fingerprint density at radius 3 is 2.88 bits per heavy atom. The van der Waals surface area contributed by atoms with Gasteiger partial charge in [-0.05, 0) is 35.7 Å². The summed E-state index contributed by atoms with van der Waals surface area (Å²) in [6.07, 6.45) is 6.26. The number of benzene rings is 2. The minimum Gasteiger partial charge on any atom is -0.484 e. The molecule has 0 spiro atoms. The van der Waals surface area contributed by atoms with E-state index in [1.807, 2.05) is 48.8 Å². The molecule has 0 radical (unpaired) electrons. The first-order valence-electron chi connectivity index (χ1n) is 8.69. The number of hydrogen-bond donors (Lipinski definition) is 1. The third-order valence-corrected chi connectivity index (χ3v) is 4.46. The molecule has 1 fully saturated rings. The summed E-state index contributed by atoms with van der Waals surface area (Å²) in [5.41, 5.74) is 0. The van der Waals surface area contributed by atoms with E-state index in [1.54, 1.807) is 0 Å². The normalized spacial score (nSPS) is 13.8. The number of fused-ring (bicyclic) bond motifs is 1. The number of carbonyl (C=O) groups excluding carboxylic acids is 1. The van der Waals surface area contributed by atoms with Gasteiger partial charge in [0.25, 0.3) is 5.91 Å². The van der Waals surface area contributed by atoms with Gasteiger partial charge in [0.15, 0.2) is 6.61 Å². The largest absolute Gasteiger partial charge is 0.484 e. The number of hydrogen-bond acceptors (Lipinski definition) is 3. The van der Waals surface area contributed by atoms with Crippen molar-refractivity contribution in [3.8, 4) is 5.75 Å². The molecule has 128 valence electrons. The molecule has 0 bridgehead atoms. The molecule has 1 heterocycles. The van der Waals surface area contributed by atoms with Gasteiger partial charge in [0.05, 0.1) is 0 Å². The Morgan fingerprint density at radius 1 is 1.20 bits per heavy atom. The standard InChI is InChI=1S/C20H21N3O2/c24-19(21-9-11-23-12-10-22-20(23)16-5-6-16)14-25-18-8-7-15-3-1-2-4-17(15)13-18/h1-4,7-8,10,12-13,16H,5-6,9,11,14H2,(H,21,24). The fourth-order valence-electron chi connectivity index (χ4n) is 2.98. The first kappa shape index (κ1) is 15.7. The number of ether oxygens (including phenoxy) is 1. The topological polar surface area (TPSA) is 56.1 Å². The Balaban J connectivity index is 1.25. The second kappa shape index (κ2) is 6.97. The molecule has 1 aliphatic carbocycles. The predicted molar refractivity (Wildman–Crippen MR) is 96.7 cm³/mol. The van der Waals surface area contributed by atoms with Crippen LogP contribution in [-0.4, -0.2) is 28.6 Å². The van der Waals surface area contributed by atoms with Crippen LogP contribution in [0.15, 0.2) is 54.9 Å². The molecule has 0 saturated heterocycles. The lowest BCUT2D eigenvalue weighted by Gasteiger charge is -2.10. The summed E-state index contributed by atoms with van der Waals surface area (Å²) in [7, 11) is 0. The Bertz CT molecular complexity index is 883. The minimum atomic E-state index is -0.110. The molecule has 3 aromatic rings. The third kappa shape index (κ3) is 3.82. The molecule has 1 amide bonds. The highest BCUT2D eigenvalue weighted by Gasteiger charge is 2.27. The highest BCUT2D eigenvalue weighted by molar-refractivity contribution is 5.84. The Hall–Kier alpha value is -2.82. The van der Waals surface area contributed by atoms with Gasteiger partial charge < -0.3 is 14.6 Å². The lowest BCUT2D eigenvalue weighted by molar-refractivity contribution is -0.123. The fraction of sp³-hybridized carbons (Fsp3) is 0.300. The second-order valence-electron chi connectivity index (χ2n) is 6.40. The van der Waals surface area contributed by atoms with Crippen LogP contribution in [0.2, 0.25) is 0 Å². The van der Waals surface area contributed by atoms with Crippen LogP contribution in [0.3, 0.4) is 0 Å². The SMILES string of the molecule is O=C(COc1ccc2ccccc2c1)NCCn1ccnc1C1CC1. The zero-order valence-electron chi connectivity index (χ0n) is 14.0. The van der Waals surface area contributed by atoms with Gasteiger partial charge in [-0.3, -0.25) is 4.79 Å². The molecule has 1 N–H and O–H groups in total. The van der Waals surface area contributed by atoms with E-state index in [0.29, 0.717) is 18.2 Å². The molecule has 4 rings (SSSR count). The van der Waals surface area contributed by atoms with Gasteiger partial charge in [0, 0.05) is 31.4 Å². The monoisotopic (exact) mass is 335 g/mol. The maximum atomic E-state index is 12.0. The van der Waals surface area contributed by atoms with Crippen molar-refractivity contribution >= 4 is 16.7 Å². The molecule has 5 heteroatoms. The van der Waals surface area contributed by atoms with E-state index in [-0.39, 0.29) is 12.5 Å². The van der Waals surface area contributed by atoms with Crippen molar-refractivity contribution in [2.24, 2.45) is 0 Å². The van der Waals surface area contributed by atoms with Crippen LogP contribution in [0.4, 0.5) is 0 Å². The summed E-state index contributed by atoms with van der Waals surface area (Å²) in [4.78, 5) is 16.4. The van der Waals surface area contributed by atoms with Gasteiger partial charge in [-0.2, -0.15) is 0 Å². The Morgan fingerprint density at radius 2 is 2.04 bits per heavy atom. The van der Waals surface area contributed by atoms with Crippen molar-refractivity contribution in [3.63, 3.8) is 0 Å². The van der Waals surface area contributed by atoms with E-state index in [0.717, 1.165) is 23.1 Å². The van der Waals surface area contributed by atoms with E-state index in [9.17, 15) is 4.79 Å². The highest BCUT2D eigenvalue weighted by atomic mass is 16.5. The zero-order valence-corrected chi connectivity index (χ0v) is 14.0. The number of imidazole rings is 1. The van der Waals surface area contributed by atoms with Gasteiger partial charge in [-0.25, -0.2) is 4.98 Å². The van der Waals surface area contributed by atoms with E-state index in [2.05, 4.69) is 20.9 Å². The van der Waals surface area contributed by atoms with Crippen molar-refractivity contribution in [2.45, 2.75) is 25.3 Å². The number of aromatic nitrogens is 2. The average Bonchev–Trinajstić information content (AvgIpc) is 3.38. The molecule has 0 atom stereocenters. The van der Waals surface area contributed by atoms with Crippen LogP contribution >= 0.6 is 0 Å². The second-order valence-corrected chi connectivity index (χ2v) is 6.40. The van der Waals surface area contributed by atoms with E-state index in [1.165, 1.54) is 12.8 Å². The molecular weight excluding hydrogens is 314 g/mol. The van der Waals surface area contributed by atoms with Gasteiger partial charge >= 0.3 is 0 Å². The van der Waals surface area contributed by atoms with Gasteiger partial charge in [0.1, 0.15) is 11.6 Å². The van der Waals surface area contributed by atoms with Crippen LogP contribution < -0.4 is 10.1 Å². The summed E-state index contributed by atoms with van der Waals surface area (Å²) in [6, 6.07) is 13.9.